The molecule has 3 aromatic rings. The summed E-state index contributed by atoms with van der Waals surface area (Å²) in [6, 6.07) is 12.4. The van der Waals surface area contributed by atoms with Gasteiger partial charge in [0.15, 0.2) is 6.61 Å². The van der Waals surface area contributed by atoms with Crippen molar-refractivity contribution in [2.45, 2.75) is 19.9 Å². The highest BCUT2D eigenvalue weighted by Gasteiger charge is 2.25. The van der Waals surface area contributed by atoms with Crippen LogP contribution in [-0.4, -0.2) is 27.6 Å². The predicted molar refractivity (Wildman–Crippen MR) is 95.2 cm³/mol. The van der Waals surface area contributed by atoms with Gasteiger partial charge in [-0.25, -0.2) is 0 Å². The van der Waals surface area contributed by atoms with E-state index in [0.29, 0.717) is 17.5 Å². The van der Waals surface area contributed by atoms with Crippen molar-refractivity contribution < 1.29 is 14.1 Å². The van der Waals surface area contributed by atoms with Crippen LogP contribution in [0.25, 0.3) is 11.4 Å². The maximum Gasteiger partial charge on any atom is 0.258 e. The van der Waals surface area contributed by atoms with Crippen molar-refractivity contribution in [2.75, 3.05) is 6.61 Å². The number of pyridine rings is 1. The number of amides is 1. The molecule has 7 heteroatoms. The van der Waals surface area contributed by atoms with E-state index in [9.17, 15) is 4.79 Å². The van der Waals surface area contributed by atoms with Gasteiger partial charge in [0.25, 0.3) is 5.91 Å². The molecule has 1 amide bonds. The Labute approximate surface area is 151 Å². The molecule has 1 atom stereocenters. The van der Waals surface area contributed by atoms with Crippen molar-refractivity contribution in [3.8, 4) is 17.1 Å². The average Bonchev–Trinajstić information content (AvgIpc) is 3.15. The third kappa shape index (κ3) is 4.44. The molecule has 0 radical (unpaired) electrons. The molecule has 0 spiro atoms. The van der Waals surface area contributed by atoms with E-state index in [1.54, 1.807) is 36.7 Å². The molecule has 0 aliphatic carbocycles. The molecule has 0 aliphatic heterocycles. The third-order valence-corrected chi connectivity index (χ3v) is 3.74. The average molecular weight is 352 g/mol. The van der Waals surface area contributed by atoms with Crippen molar-refractivity contribution in [1.82, 2.24) is 20.4 Å². The van der Waals surface area contributed by atoms with Crippen LogP contribution in [-0.2, 0) is 4.79 Å². The summed E-state index contributed by atoms with van der Waals surface area (Å²) < 4.78 is 10.8. The zero-order valence-corrected chi connectivity index (χ0v) is 14.6. The summed E-state index contributed by atoms with van der Waals surface area (Å²) in [6.45, 7) is 3.86. The molecule has 7 nitrogen and oxygen atoms in total. The SMILES string of the molecule is CC(C)C(NC(=O)COc1ccccc1)c1nc(-c2ccncc2)no1. The molecule has 1 unspecified atom stereocenters. The second kappa shape index (κ2) is 8.24. The van der Waals surface area contributed by atoms with Gasteiger partial charge < -0.3 is 14.6 Å². The van der Waals surface area contributed by atoms with E-state index < -0.39 is 6.04 Å². The number of rotatable bonds is 7. The van der Waals surface area contributed by atoms with Gasteiger partial charge in [0.2, 0.25) is 11.7 Å². The summed E-state index contributed by atoms with van der Waals surface area (Å²) >= 11 is 0. The first kappa shape index (κ1) is 17.6. The standard InChI is InChI=1S/C19H20N4O3/c1-13(2)17(21-16(24)12-25-15-6-4-3-5-7-15)19-22-18(23-26-19)14-8-10-20-11-9-14/h3-11,13,17H,12H2,1-2H3,(H,21,24). The van der Waals surface area contributed by atoms with Crippen LogP contribution in [0.3, 0.4) is 0 Å². The maximum atomic E-state index is 12.2. The number of carbonyl (C=O) groups is 1. The number of nitrogens with zero attached hydrogens (tertiary/aromatic N) is 3. The summed E-state index contributed by atoms with van der Waals surface area (Å²) in [5.74, 6) is 1.28. The lowest BCUT2D eigenvalue weighted by molar-refractivity contribution is -0.124. The summed E-state index contributed by atoms with van der Waals surface area (Å²) in [4.78, 5) is 20.6. The van der Waals surface area contributed by atoms with Gasteiger partial charge in [-0.1, -0.05) is 37.2 Å². The Morgan fingerprint density at radius 1 is 1.15 bits per heavy atom. The Bertz CT molecular complexity index is 834. The lowest BCUT2D eigenvalue weighted by Gasteiger charge is -2.18. The topological polar surface area (TPSA) is 90.1 Å². The highest BCUT2D eigenvalue weighted by atomic mass is 16.5. The molecule has 0 aliphatic rings. The Balaban J connectivity index is 1.66. The Morgan fingerprint density at radius 2 is 1.88 bits per heavy atom. The Hall–Kier alpha value is -3.22. The minimum Gasteiger partial charge on any atom is -0.484 e. The zero-order chi connectivity index (χ0) is 18.4. The fourth-order valence-corrected chi connectivity index (χ4v) is 2.37. The second-order valence-electron chi connectivity index (χ2n) is 6.08. The molecule has 0 fully saturated rings. The largest absolute Gasteiger partial charge is 0.484 e. The van der Waals surface area contributed by atoms with Crippen molar-refractivity contribution in [1.29, 1.82) is 0 Å². The van der Waals surface area contributed by atoms with E-state index in [2.05, 4.69) is 20.4 Å². The normalized spacial score (nSPS) is 12.0. The number of carbonyl (C=O) groups excluding carboxylic acids is 1. The van der Waals surface area contributed by atoms with Gasteiger partial charge in [-0.2, -0.15) is 4.98 Å². The smallest absolute Gasteiger partial charge is 0.258 e. The van der Waals surface area contributed by atoms with Gasteiger partial charge in [-0.15, -0.1) is 0 Å². The molecule has 1 aromatic carbocycles. The van der Waals surface area contributed by atoms with E-state index in [1.165, 1.54) is 0 Å². The number of aromatic nitrogens is 3. The van der Waals surface area contributed by atoms with Crippen LogP contribution in [0.5, 0.6) is 5.75 Å². The quantitative estimate of drug-likeness (QED) is 0.703. The van der Waals surface area contributed by atoms with Crippen LogP contribution in [0, 0.1) is 5.92 Å². The van der Waals surface area contributed by atoms with Crippen molar-refractivity contribution in [3.63, 3.8) is 0 Å². The first-order chi connectivity index (χ1) is 12.6. The number of hydrogen-bond donors (Lipinski definition) is 1. The number of ether oxygens (including phenoxy) is 1. The Kier molecular flexibility index (Phi) is 5.58. The van der Waals surface area contributed by atoms with E-state index in [-0.39, 0.29) is 18.4 Å². The highest BCUT2D eigenvalue weighted by molar-refractivity contribution is 5.78. The predicted octanol–water partition coefficient (Wildman–Crippen LogP) is 3.02. The first-order valence-corrected chi connectivity index (χ1v) is 8.34. The molecular weight excluding hydrogens is 332 g/mol. The number of para-hydroxylation sites is 1. The highest BCUT2D eigenvalue weighted by Crippen LogP contribution is 2.23. The summed E-state index contributed by atoms with van der Waals surface area (Å²) in [5.41, 5.74) is 0.802. The fourth-order valence-electron chi connectivity index (χ4n) is 2.37. The molecule has 0 saturated heterocycles. The van der Waals surface area contributed by atoms with E-state index >= 15 is 0 Å². The molecule has 2 aromatic heterocycles. The minimum absolute atomic E-state index is 0.0708. The van der Waals surface area contributed by atoms with Gasteiger partial charge >= 0.3 is 0 Å². The molecule has 26 heavy (non-hydrogen) atoms. The van der Waals surface area contributed by atoms with Gasteiger partial charge in [-0.3, -0.25) is 9.78 Å². The van der Waals surface area contributed by atoms with Gasteiger partial charge in [-0.05, 0) is 30.2 Å². The third-order valence-electron chi connectivity index (χ3n) is 3.74. The van der Waals surface area contributed by atoms with Crippen molar-refractivity contribution >= 4 is 5.91 Å². The van der Waals surface area contributed by atoms with Crippen molar-refractivity contribution in [3.05, 3.63) is 60.7 Å². The number of nitrogens with one attached hydrogen (secondary N) is 1. The molecule has 0 bridgehead atoms. The van der Waals surface area contributed by atoms with Crippen molar-refractivity contribution in [2.24, 2.45) is 5.92 Å². The summed E-state index contributed by atoms with van der Waals surface area (Å²) in [5, 5.41) is 6.89. The number of benzene rings is 1. The van der Waals surface area contributed by atoms with E-state index in [4.69, 9.17) is 9.26 Å². The number of hydrogen-bond acceptors (Lipinski definition) is 6. The summed E-state index contributed by atoms with van der Waals surface area (Å²) in [7, 11) is 0. The first-order valence-electron chi connectivity index (χ1n) is 8.34. The molecule has 134 valence electrons. The lowest BCUT2D eigenvalue weighted by atomic mass is 10.0. The van der Waals surface area contributed by atoms with Crippen LogP contribution in [0.1, 0.15) is 25.8 Å². The van der Waals surface area contributed by atoms with E-state index in [0.717, 1.165) is 5.56 Å². The molecule has 2 heterocycles. The van der Waals surface area contributed by atoms with Crippen LogP contribution in [0.4, 0.5) is 0 Å². The van der Waals surface area contributed by atoms with Gasteiger partial charge in [0.1, 0.15) is 11.8 Å². The molecular formula is C19H20N4O3. The maximum absolute atomic E-state index is 12.2. The lowest BCUT2D eigenvalue weighted by Crippen LogP contribution is -2.35. The fraction of sp³-hybridized carbons (Fsp3) is 0.263. The van der Waals surface area contributed by atoms with Gasteiger partial charge in [0.05, 0.1) is 0 Å². The van der Waals surface area contributed by atoms with E-state index in [1.807, 2.05) is 32.0 Å². The van der Waals surface area contributed by atoms with Crippen LogP contribution >= 0.6 is 0 Å². The monoisotopic (exact) mass is 352 g/mol. The zero-order valence-electron chi connectivity index (χ0n) is 14.6. The van der Waals surface area contributed by atoms with Crippen LogP contribution in [0.2, 0.25) is 0 Å². The molecule has 3 rings (SSSR count). The minimum atomic E-state index is -0.398. The second-order valence-corrected chi connectivity index (χ2v) is 6.08. The van der Waals surface area contributed by atoms with Crippen LogP contribution in [0.15, 0.2) is 59.4 Å². The van der Waals surface area contributed by atoms with Gasteiger partial charge in [0, 0.05) is 18.0 Å². The Morgan fingerprint density at radius 3 is 2.58 bits per heavy atom. The molecule has 1 N–H and O–H groups in total. The summed E-state index contributed by atoms with van der Waals surface area (Å²) in [6.07, 6.45) is 3.32. The molecule has 0 saturated carbocycles. The van der Waals surface area contributed by atoms with Crippen LogP contribution < -0.4 is 10.1 Å².